The fourth-order valence-electron chi connectivity index (χ4n) is 4.37. The van der Waals surface area contributed by atoms with E-state index in [0.29, 0.717) is 31.2 Å². The second kappa shape index (κ2) is 6.50. The SMILES string of the molecule is O=C(O)[C@@H]1[C@H](C(=O)N2CCN(c3cccc(Cl)c3)CC2)[C@H]2CC[C@H]1O2. The average Bonchev–Trinajstić information content (AvgIpc) is 3.22. The molecule has 1 aromatic rings. The summed E-state index contributed by atoms with van der Waals surface area (Å²) in [5.41, 5.74) is 1.05. The van der Waals surface area contributed by atoms with Crippen molar-refractivity contribution in [1.82, 2.24) is 4.90 Å². The van der Waals surface area contributed by atoms with Crippen molar-refractivity contribution in [3.8, 4) is 0 Å². The predicted molar refractivity (Wildman–Crippen MR) is 92.8 cm³/mol. The van der Waals surface area contributed by atoms with E-state index in [9.17, 15) is 14.7 Å². The van der Waals surface area contributed by atoms with E-state index in [1.807, 2.05) is 24.3 Å². The highest BCUT2D eigenvalue weighted by atomic mass is 35.5. The summed E-state index contributed by atoms with van der Waals surface area (Å²) >= 11 is 6.05. The first-order valence-corrected chi connectivity index (χ1v) is 9.10. The molecule has 1 N–H and O–H groups in total. The number of amides is 1. The van der Waals surface area contributed by atoms with Crippen LogP contribution in [0.3, 0.4) is 0 Å². The van der Waals surface area contributed by atoms with Gasteiger partial charge in [-0.1, -0.05) is 17.7 Å². The van der Waals surface area contributed by atoms with Crippen LogP contribution in [0.1, 0.15) is 12.8 Å². The number of carbonyl (C=O) groups is 2. The summed E-state index contributed by atoms with van der Waals surface area (Å²) in [6.07, 6.45) is 0.996. The lowest BCUT2D eigenvalue weighted by atomic mass is 9.78. The number of ether oxygens (including phenoxy) is 1. The topological polar surface area (TPSA) is 70.1 Å². The number of fused-ring (bicyclic) bond motifs is 2. The summed E-state index contributed by atoms with van der Waals surface area (Å²) in [6.45, 7) is 2.61. The summed E-state index contributed by atoms with van der Waals surface area (Å²) in [5, 5.41) is 10.2. The van der Waals surface area contributed by atoms with Crippen molar-refractivity contribution in [1.29, 1.82) is 0 Å². The number of hydrogen-bond acceptors (Lipinski definition) is 4. The first-order chi connectivity index (χ1) is 12.0. The Labute approximate surface area is 151 Å². The van der Waals surface area contributed by atoms with Crippen molar-refractivity contribution >= 4 is 29.2 Å². The zero-order valence-electron chi connectivity index (χ0n) is 13.8. The molecule has 3 aliphatic heterocycles. The lowest BCUT2D eigenvalue weighted by Gasteiger charge is -2.38. The van der Waals surface area contributed by atoms with Crippen molar-refractivity contribution in [3.05, 3.63) is 29.3 Å². The van der Waals surface area contributed by atoms with Gasteiger partial charge in [0.25, 0.3) is 0 Å². The van der Waals surface area contributed by atoms with Crippen molar-refractivity contribution in [2.45, 2.75) is 25.0 Å². The fraction of sp³-hybridized carbons (Fsp3) is 0.556. The Morgan fingerprint density at radius 2 is 1.76 bits per heavy atom. The number of carboxylic acids is 1. The normalized spacial score (nSPS) is 31.4. The molecule has 134 valence electrons. The molecule has 3 saturated heterocycles. The Morgan fingerprint density at radius 3 is 2.40 bits per heavy atom. The zero-order chi connectivity index (χ0) is 17.6. The third-order valence-corrected chi connectivity index (χ3v) is 5.84. The van der Waals surface area contributed by atoms with Gasteiger partial charge in [-0.2, -0.15) is 0 Å². The first-order valence-electron chi connectivity index (χ1n) is 8.72. The van der Waals surface area contributed by atoms with Crippen LogP contribution in [-0.2, 0) is 14.3 Å². The molecule has 3 aliphatic rings. The quantitative estimate of drug-likeness (QED) is 0.886. The second-order valence-electron chi connectivity index (χ2n) is 6.97. The van der Waals surface area contributed by atoms with Gasteiger partial charge in [0.1, 0.15) is 0 Å². The Hall–Kier alpha value is -1.79. The van der Waals surface area contributed by atoms with E-state index in [-0.39, 0.29) is 18.1 Å². The molecule has 0 unspecified atom stereocenters. The van der Waals surface area contributed by atoms with Crippen LogP contribution >= 0.6 is 11.6 Å². The summed E-state index contributed by atoms with van der Waals surface area (Å²) in [4.78, 5) is 28.5. The number of piperazine rings is 1. The lowest BCUT2D eigenvalue weighted by Crippen LogP contribution is -2.53. The molecular formula is C18H21ClN2O4. The predicted octanol–water partition coefficient (Wildman–Crippen LogP) is 1.87. The lowest BCUT2D eigenvalue weighted by molar-refractivity contribution is -0.151. The molecule has 7 heteroatoms. The summed E-state index contributed by atoms with van der Waals surface area (Å²) in [7, 11) is 0. The first kappa shape index (κ1) is 16.7. The maximum Gasteiger partial charge on any atom is 0.310 e. The largest absolute Gasteiger partial charge is 0.481 e. The van der Waals surface area contributed by atoms with Gasteiger partial charge in [0.15, 0.2) is 0 Å². The Kier molecular flexibility index (Phi) is 4.33. The number of halogens is 1. The molecule has 4 rings (SSSR count). The summed E-state index contributed by atoms with van der Waals surface area (Å²) in [6, 6.07) is 7.68. The molecule has 0 radical (unpaired) electrons. The fourth-order valence-corrected chi connectivity index (χ4v) is 4.56. The van der Waals surface area contributed by atoms with Gasteiger partial charge in [-0.25, -0.2) is 0 Å². The molecular weight excluding hydrogens is 344 g/mol. The van der Waals surface area contributed by atoms with Gasteiger partial charge in [-0.05, 0) is 31.0 Å². The molecule has 2 bridgehead atoms. The van der Waals surface area contributed by atoms with Crippen molar-refractivity contribution < 1.29 is 19.4 Å². The van der Waals surface area contributed by atoms with Crippen LogP contribution in [0.2, 0.25) is 5.02 Å². The molecule has 0 saturated carbocycles. The van der Waals surface area contributed by atoms with Gasteiger partial charge in [-0.15, -0.1) is 0 Å². The molecule has 3 heterocycles. The standard InChI is InChI=1S/C18H21ClN2O4/c19-11-2-1-3-12(10-11)20-6-8-21(9-7-20)17(22)15-13-4-5-14(25-13)16(15)18(23)24/h1-3,10,13-16H,4-9H2,(H,23,24)/t13-,14-,15-,16+/m1/s1. The van der Waals surface area contributed by atoms with E-state index in [2.05, 4.69) is 4.90 Å². The van der Waals surface area contributed by atoms with Crippen molar-refractivity contribution in [2.24, 2.45) is 11.8 Å². The number of aliphatic carboxylic acids is 1. The van der Waals surface area contributed by atoms with Gasteiger partial charge < -0.3 is 19.6 Å². The molecule has 1 amide bonds. The Morgan fingerprint density at radius 1 is 1.08 bits per heavy atom. The maximum absolute atomic E-state index is 12.9. The van der Waals surface area contributed by atoms with Gasteiger partial charge in [-0.3, -0.25) is 9.59 Å². The molecule has 6 nitrogen and oxygen atoms in total. The highest BCUT2D eigenvalue weighted by Gasteiger charge is 2.56. The molecule has 0 aliphatic carbocycles. The monoisotopic (exact) mass is 364 g/mol. The number of rotatable bonds is 3. The van der Waals surface area contributed by atoms with Crippen LogP contribution in [0.15, 0.2) is 24.3 Å². The minimum atomic E-state index is -0.914. The molecule has 3 fully saturated rings. The summed E-state index contributed by atoms with van der Waals surface area (Å²) in [5.74, 6) is -2.21. The number of carbonyl (C=O) groups excluding carboxylic acids is 1. The zero-order valence-corrected chi connectivity index (χ0v) is 14.6. The number of carboxylic acid groups (broad SMARTS) is 1. The van der Waals surface area contributed by atoms with Crippen LogP contribution < -0.4 is 4.90 Å². The van der Waals surface area contributed by atoms with E-state index in [1.54, 1.807) is 4.90 Å². The molecule has 1 aromatic carbocycles. The molecule has 0 spiro atoms. The van der Waals surface area contributed by atoms with Crippen LogP contribution in [-0.4, -0.2) is 60.3 Å². The number of anilines is 1. The summed E-state index contributed by atoms with van der Waals surface area (Å²) < 4.78 is 5.72. The third-order valence-electron chi connectivity index (χ3n) is 5.61. The minimum Gasteiger partial charge on any atom is -0.481 e. The highest BCUT2D eigenvalue weighted by Crippen LogP contribution is 2.44. The Bertz CT molecular complexity index is 689. The van der Waals surface area contributed by atoms with Gasteiger partial charge in [0.2, 0.25) is 5.91 Å². The molecule has 0 aromatic heterocycles. The van der Waals surface area contributed by atoms with E-state index in [0.717, 1.165) is 18.5 Å². The van der Waals surface area contributed by atoms with E-state index in [1.165, 1.54) is 0 Å². The molecule has 4 atom stereocenters. The van der Waals surface area contributed by atoms with E-state index < -0.39 is 17.8 Å². The van der Waals surface area contributed by atoms with E-state index >= 15 is 0 Å². The van der Waals surface area contributed by atoms with Gasteiger partial charge in [0.05, 0.1) is 24.0 Å². The third kappa shape index (κ3) is 2.98. The van der Waals surface area contributed by atoms with Gasteiger partial charge in [0, 0.05) is 36.9 Å². The van der Waals surface area contributed by atoms with Crippen LogP contribution in [0.4, 0.5) is 5.69 Å². The Balaban J connectivity index is 1.42. The van der Waals surface area contributed by atoms with Crippen molar-refractivity contribution in [2.75, 3.05) is 31.1 Å². The second-order valence-corrected chi connectivity index (χ2v) is 7.41. The van der Waals surface area contributed by atoms with Crippen molar-refractivity contribution in [3.63, 3.8) is 0 Å². The minimum absolute atomic E-state index is 0.0645. The maximum atomic E-state index is 12.9. The highest BCUT2D eigenvalue weighted by molar-refractivity contribution is 6.30. The number of nitrogens with zero attached hydrogens (tertiary/aromatic N) is 2. The van der Waals surface area contributed by atoms with Crippen LogP contribution in [0.25, 0.3) is 0 Å². The molecule has 25 heavy (non-hydrogen) atoms. The average molecular weight is 365 g/mol. The van der Waals surface area contributed by atoms with Crippen LogP contribution in [0, 0.1) is 11.8 Å². The smallest absolute Gasteiger partial charge is 0.310 e. The van der Waals surface area contributed by atoms with E-state index in [4.69, 9.17) is 16.3 Å². The number of hydrogen-bond donors (Lipinski definition) is 1. The van der Waals surface area contributed by atoms with Gasteiger partial charge >= 0.3 is 5.97 Å². The number of benzene rings is 1. The van der Waals surface area contributed by atoms with Crippen LogP contribution in [0.5, 0.6) is 0 Å².